The fourth-order valence-corrected chi connectivity index (χ4v) is 1.97. The second-order valence-corrected chi connectivity index (χ2v) is 4.95. The van der Waals surface area contributed by atoms with E-state index in [1.807, 2.05) is 32.0 Å². The van der Waals surface area contributed by atoms with Gasteiger partial charge in [0, 0.05) is 18.5 Å². The van der Waals surface area contributed by atoms with Crippen LogP contribution in [-0.2, 0) is 0 Å². The van der Waals surface area contributed by atoms with Crippen LogP contribution in [0, 0.1) is 12.8 Å². The van der Waals surface area contributed by atoms with E-state index in [2.05, 4.69) is 15.5 Å². The van der Waals surface area contributed by atoms with Gasteiger partial charge in [0.1, 0.15) is 0 Å². The molecule has 1 atom stereocenters. The SMILES string of the molecule is Cc1ccc2[nH]nc(C(=O)NCC(C)CCO)c2c1. The van der Waals surface area contributed by atoms with Gasteiger partial charge in [0.15, 0.2) is 5.69 Å². The topological polar surface area (TPSA) is 78.0 Å². The number of amides is 1. The Balaban J connectivity index is 2.11. The van der Waals surface area contributed by atoms with E-state index in [4.69, 9.17) is 5.11 Å². The predicted octanol–water partition coefficient (Wildman–Crippen LogP) is 1.62. The van der Waals surface area contributed by atoms with Gasteiger partial charge >= 0.3 is 0 Å². The van der Waals surface area contributed by atoms with Crippen LogP contribution in [0.2, 0.25) is 0 Å². The van der Waals surface area contributed by atoms with Crippen molar-refractivity contribution in [3.05, 3.63) is 29.5 Å². The second-order valence-electron chi connectivity index (χ2n) is 4.95. The number of nitrogens with zero attached hydrogens (tertiary/aromatic N) is 1. The number of aliphatic hydroxyl groups excluding tert-OH is 1. The zero-order valence-corrected chi connectivity index (χ0v) is 11.2. The number of H-pyrrole nitrogens is 1. The van der Waals surface area contributed by atoms with Crippen molar-refractivity contribution >= 4 is 16.8 Å². The van der Waals surface area contributed by atoms with Gasteiger partial charge in [0.05, 0.1) is 5.52 Å². The molecule has 1 heterocycles. The molecule has 1 aromatic heterocycles. The maximum absolute atomic E-state index is 12.1. The first-order valence-corrected chi connectivity index (χ1v) is 6.45. The van der Waals surface area contributed by atoms with Gasteiger partial charge in [-0.2, -0.15) is 5.10 Å². The van der Waals surface area contributed by atoms with Crippen LogP contribution in [0.15, 0.2) is 18.2 Å². The highest BCUT2D eigenvalue weighted by molar-refractivity contribution is 6.04. The van der Waals surface area contributed by atoms with E-state index in [-0.39, 0.29) is 18.4 Å². The molecule has 2 rings (SSSR count). The number of aromatic amines is 1. The lowest BCUT2D eigenvalue weighted by Crippen LogP contribution is -2.29. The number of benzene rings is 1. The zero-order valence-electron chi connectivity index (χ0n) is 11.2. The molecule has 0 saturated heterocycles. The summed E-state index contributed by atoms with van der Waals surface area (Å²) >= 11 is 0. The first-order valence-electron chi connectivity index (χ1n) is 6.45. The standard InChI is InChI=1S/C14H19N3O2/c1-9-3-4-12-11(7-9)13(17-16-12)14(19)15-8-10(2)5-6-18/h3-4,7,10,18H,5-6,8H2,1-2H3,(H,15,19)(H,16,17). The lowest BCUT2D eigenvalue weighted by atomic mass is 10.1. The molecule has 5 nitrogen and oxygen atoms in total. The normalized spacial score (nSPS) is 12.6. The van der Waals surface area contributed by atoms with E-state index in [0.29, 0.717) is 18.7 Å². The van der Waals surface area contributed by atoms with Crippen molar-refractivity contribution in [1.82, 2.24) is 15.5 Å². The first kappa shape index (κ1) is 13.5. The zero-order chi connectivity index (χ0) is 13.8. The molecule has 0 fully saturated rings. The summed E-state index contributed by atoms with van der Waals surface area (Å²) in [6, 6.07) is 5.85. The van der Waals surface area contributed by atoms with Crippen LogP contribution >= 0.6 is 0 Å². The molecular weight excluding hydrogens is 242 g/mol. The maximum atomic E-state index is 12.1. The molecule has 102 valence electrons. The quantitative estimate of drug-likeness (QED) is 0.765. The monoisotopic (exact) mass is 261 g/mol. The van der Waals surface area contributed by atoms with Gasteiger partial charge in [0.25, 0.3) is 5.91 Å². The Hall–Kier alpha value is -1.88. The van der Waals surface area contributed by atoms with Crippen LogP contribution in [0.25, 0.3) is 10.9 Å². The van der Waals surface area contributed by atoms with Gasteiger partial charge in [-0.15, -0.1) is 0 Å². The molecule has 0 saturated carbocycles. The van der Waals surface area contributed by atoms with Crippen LogP contribution in [0.3, 0.4) is 0 Å². The van der Waals surface area contributed by atoms with Crippen LogP contribution in [-0.4, -0.2) is 34.4 Å². The van der Waals surface area contributed by atoms with Gasteiger partial charge in [-0.25, -0.2) is 0 Å². The third-order valence-corrected chi connectivity index (χ3v) is 3.17. The summed E-state index contributed by atoms with van der Waals surface area (Å²) in [5.74, 6) is 0.0718. The van der Waals surface area contributed by atoms with Crippen molar-refractivity contribution in [2.45, 2.75) is 20.3 Å². The highest BCUT2D eigenvalue weighted by Gasteiger charge is 2.14. The Labute approximate surface area is 112 Å². The number of carbonyl (C=O) groups excluding carboxylic acids is 1. The number of aliphatic hydroxyl groups is 1. The number of aryl methyl sites for hydroxylation is 1. The molecular formula is C14H19N3O2. The Morgan fingerprint density at radius 1 is 1.53 bits per heavy atom. The average molecular weight is 261 g/mol. The van der Waals surface area contributed by atoms with Crippen molar-refractivity contribution < 1.29 is 9.90 Å². The van der Waals surface area contributed by atoms with Gasteiger partial charge in [-0.1, -0.05) is 18.6 Å². The summed E-state index contributed by atoms with van der Waals surface area (Å²) in [5.41, 5.74) is 2.38. The number of hydrogen-bond acceptors (Lipinski definition) is 3. The van der Waals surface area contributed by atoms with E-state index in [1.54, 1.807) is 0 Å². The van der Waals surface area contributed by atoms with E-state index >= 15 is 0 Å². The largest absolute Gasteiger partial charge is 0.396 e. The van der Waals surface area contributed by atoms with Crippen molar-refractivity contribution in [2.24, 2.45) is 5.92 Å². The van der Waals surface area contributed by atoms with Crippen molar-refractivity contribution in [3.8, 4) is 0 Å². The summed E-state index contributed by atoms with van der Waals surface area (Å²) in [6.45, 7) is 4.65. The van der Waals surface area contributed by atoms with Gasteiger partial charge < -0.3 is 10.4 Å². The minimum atomic E-state index is -0.179. The van der Waals surface area contributed by atoms with Gasteiger partial charge in [-0.3, -0.25) is 9.89 Å². The minimum Gasteiger partial charge on any atom is -0.396 e. The molecule has 0 aliphatic rings. The highest BCUT2D eigenvalue weighted by atomic mass is 16.3. The van der Waals surface area contributed by atoms with E-state index < -0.39 is 0 Å². The molecule has 19 heavy (non-hydrogen) atoms. The van der Waals surface area contributed by atoms with E-state index in [0.717, 1.165) is 16.5 Å². The number of nitrogens with one attached hydrogen (secondary N) is 2. The average Bonchev–Trinajstić information content (AvgIpc) is 2.79. The molecule has 2 aromatic rings. The summed E-state index contributed by atoms with van der Waals surface area (Å²) in [7, 11) is 0. The first-order chi connectivity index (χ1) is 9.11. The van der Waals surface area contributed by atoms with Crippen molar-refractivity contribution in [3.63, 3.8) is 0 Å². The smallest absolute Gasteiger partial charge is 0.272 e. The maximum Gasteiger partial charge on any atom is 0.272 e. The number of carbonyl (C=O) groups is 1. The van der Waals surface area contributed by atoms with E-state index in [1.165, 1.54) is 0 Å². The molecule has 3 N–H and O–H groups in total. The lowest BCUT2D eigenvalue weighted by molar-refractivity contribution is 0.0942. The molecule has 0 radical (unpaired) electrons. The summed E-state index contributed by atoms with van der Waals surface area (Å²) < 4.78 is 0. The minimum absolute atomic E-state index is 0.140. The highest BCUT2D eigenvalue weighted by Crippen LogP contribution is 2.17. The number of rotatable bonds is 5. The summed E-state index contributed by atoms with van der Waals surface area (Å²) in [5, 5.41) is 19.4. The fraction of sp³-hybridized carbons (Fsp3) is 0.429. The van der Waals surface area contributed by atoms with Crippen LogP contribution < -0.4 is 5.32 Å². The van der Waals surface area contributed by atoms with Crippen molar-refractivity contribution in [2.75, 3.05) is 13.2 Å². The number of fused-ring (bicyclic) bond motifs is 1. The lowest BCUT2D eigenvalue weighted by Gasteiger charge is -2.10. The molecule has 1 amide bonds. The molecule has 1 unspecified atom stereocenters. The predicted molar refractivity (Wildman–Crippen MR) is 74.0 cm³/mol. The fourth-order valence-electron chi connectivity index (χ4n) is 1.97. The Morgan fingerprint density at radius 3 is 3.05 bits per heavy atom. The third kappa shape index (κ3) is 3.12. The van der Waals surface area contributed by atoms with Crippen LogP contribution in [0.4, 0.5) is 0 Å². The van der Waals surface area contributed by atoms with Gasteiger partial charge in [-0.05, 0) is 31.4 Å². The molecule has 0 spiro atoms. The summed E-state index contributed by atoms with van der Waals surface area (Å²) in [4.78, 5) is 12.1. The number of aromatic nitrogens is 2. The van der Waals surface area contributed by atoms with Crippen LogP contribution in [0.5, 0.6) is 0 Å². The van der Waals surface area contributed by atoms with E-state index in [9.17, 15) is 4.79 Å². The molecule has 0 aliphatic heterocycles. The Morgan fingerprint density at radius 2 is 2.32 bits per heavy atom. The number of hydrogen-bond donors (Lipinski definition) is 3. The Bertz CT molecular complexity index is 577. The Kier molecular flexibility index (Phi) is 4.16. The van der Waals surface area contributed by atoms with Gasteiger partial charge in [0.2, 0.25) is 0 Å². The third-order valence-electron chi connectivity index (χ3n) is 3.17. The molecule has 1 aromatic carbocycles. The second kappa shape index (κ2) is 5.84. The molecule has 0 bridgehead atoms. The van der Waals surface area contributed by atoms with Crippen molar-refractivity contribution in [1.29, 1.82) is 0 Å². The molecule has 5 heteroatoms. The summed E-state index contributed by atoms with van der Waals surface area (Å²) in [6.07, 6.45) is 0.681. The molecule has 0 aliphatic carbocycles. The van der Waals surface area contributed by atoms with Crippen LogP contribution in [0.1, 0.15) is 29.4 Å².